The molecule has 1 N–H and O–H groups in total. The van der Waals surface area contributed by atoms with E-state index in [4.69, 9.17) is 0 Å². The molecule has 0 amide bonds. The molecular formula is C13H21N3S. The summed E-state index contributed by atoms with van der Waals surface area (Å²) in [6, 6.07) is 0.778. The van der Waals surface area contributed by atoms with Crippen LogP contribution >= 0.6 is 11.8 Å². The third-order valence-corrected chi connectivity index (χ3v) is 4.15. The smallest absolute Gasteiger partial charge is 0.188 e. The molecule has 1 heterocycles. The number of hydrogen-bond donors (Lipinski definition) is 1. The maximum Gasteiger partial charge on any atom is 0.188 e. The fraction of sp³-hybridized carbons (Fsp3) is 0.692. The summed E-state index contributed by atoms with van der Waals surface area (Å²) in [5.74, 6) is 0. The van der Waals surface area contributed by atoms with Crippen LogP contribution in [0.1, 0.15) is 36.7 Å². The van der Waals surface area contributed by atoms with Crippen LogP contribution in [-0.2, 0) is 0 Å². The van der Waals surface area contributed by atoms with Crippen molar-refractivity contribution in [2.75, 3.05) is 6.54 Å². The van der Waals surface area contributed by atoms with E-state index in [9.17, 15) is 0 Å². The zero-order valence-electron chi connectivity index (χ0n) is 11.1. The van der Waals surface area contributed by atoms with Crippen molar-refractivity contribution in [3.63, 3.8) is 0 Å². The molecule has 1 aromatic rings. The lowest BCUT2D eigenvalue weighted by Gasteiger charge is -2.12. The molecule has 1 aliphatic carbocycles. The molecule has 0 bridgehead atoms. The van der Waals surface area contributed by atoms with E-state index in [0.717, 1.165) is 29.1 Å². The molecule has 17 heavy (non-hydrogen) atoms. The van der Waals surface area contributed by atoms with Gasteiger partial charge in [-0.05, 0) is 39.2 Å². The summed E-state index contributed by atoms with van der Waals surface area (Å²) in [7, 11) is 0. The minimum Gasteiger partial charge on any atom is -0.313 e. The molecule has 0 saturated heterocycles. The molecule has 1 unspecified atom stereocenters. The van der Waals surface area contributed by atoms with Crippen LogP contribution in [0.25, 0.3) is 0 Å². The zero-order valence-corrected chi connectivity index (χ0v) is 11.9. The van der Waals surface area contributed by atoms with Gasteiger partial charge in [0.25, 0.3) is 0 Å². The van der Waals surface area contributed by atoms with E-state index >= 15 is 0 Å². The standard InChI is InChI=1S/C13H21N3S/c1-8(7-14-12-5-6-12)17-13-15-10(3)9(2)11(4)16-13/h8,12,14H,5-7H2,1-4H3. The molecule has 1 aliphatic rings. The van der Waals surface area contributed by atoms with Gasteiger partial charge in [0.15, 0.2) is 5.16 Å². The van der Waals surface area contributed by atoms with E-state index in [-0.39, 0.29) is 0 Å². The van der Waals surface area contributed by atoms with Gasteiger partial charge in [0, 0.05) is 29.2 Å². The van der Waals surface area contributed by atoms with Crippen molar-refractivity contribution in [1.29, 1.82) is 0 Å². The van der Waals surface area contributed by atoms with Gasteiger partial charge in [-0.1, -0.05) is 18.7 Å². The lowest BCUT2D eigenvalue weighted by molar-refractivity contribution is 0.677. The second kappa shape index (κ2) is 5.36. The quantitative estimate of drug-likeness (QED) is 0.645. The highest BCUT2D eigenvalue weighted by Crippen LogP contribution is 2.23. The number of aromatic nitrogens is 2. The predicted molar refractivity (Wildman–Crippen MR) is 72.6 cm³/mol. The highest BCUT2D eigenvalue weighted by atomic mass is 32.2. The van der Waals surface area contributed by atoms with E-state index in [2.05, 4.69) is 43.0 Å². The van der Waals surface area contributed by atoms with Crippen LogP contribution in [0.3, 0.4) is 0 Å². The molecule has 94 valence electrons. The SMILES string of the molecule is Cc1nc(SC(C)CNC2CC2)nc(C)c1C. The van der Waals surface area contributed by atoms with Crippen LogP contribution in [0.15, 0.2) is 5.16 Å². The number of nitrogens with zero attached hydrogens (tertiary/aromatic N) is 2. The third-order valence-electron chi connectivity index (χ3n) is 3.19. The molecule has 3 nitrogen and oxygen atoms in total. The van der Waals surface area contributed by atoms with E-state index in [1.165, 1.54) is 18.4 Å². The summed E-state index contributed by atoms with van der Waals surface area (Å²) < 4.78 is 0. The third kappa shape index (κ3) is 3.68. The van der Waals surface area contributed by atoms with Gasteiger partial charge in [0.1, 0.15) is 0 Å². The number of nitrogens with one attached hydrogen (secondary N) is 1. The Morgan fingerprint density at radius 2 is 1.82 bits per heavy atom. The summed E-state index contributed by atoms with van der Waals surface area (Å²) in [5, 5.41) is 4.98. The molecule has 0 radical (unpaired) electrons. The van der Waals surface area contributed by atoms with Crippen molar-refractivity contribution >= 4 is 11.8 Å². The summed E-state index contributed by atoms with van der Waals surface area (Å²) in [4.78, 5) is 9.08. The Hall–Kier alpha value is -0.610. The second-order valence-corrected chi connectivity index (χ2v) is 6.32. The molecule has 4 heteroatoms. The summed E-state index contributed by atoms with van der Waals surface area (Å²) in [5.41, 5.74) is 3.41. The number of aryl methyl sites for hydroxylation is 2. The van der Waals surface area contributed by atoms with Crippen LogP contribution in [-0.4, -0.2) is 27.8 Å². The van der Waals surface area contributed by atoms with Crippen molar-refractivity contribution in [3.05, 3.63) is 17.0 Å². The van der Waals surface area contributed by atoms with Crippen LogP contribution in [0, 0.1) is 20.8 Å². The van der Waals surface area contributed by atoms with Crippen molar-refractivity contribution in [2.24, 2.45) is 0 Å². The summed E-state index contributed by atoms with van der Waals surface area (Å²) >= 11 is 1.77. The Kier molecular flexibility index (Phi) is 4.05. The first kappa shape index (κ1) is 12.8. The maximum absolute atomic E-state index is 4.54. The van der Waals surface area contributed by atoms with Gasteiger partial charge in [0.2, 0.25) is 0 Å². The molecule has 0 aliphatic heterocycles. The predicted octanol–water partition coefficient (Wildman–Crippen LogP) is 2.63. The Morgan fingerprint density at radius 3 is 2.35 bits per heavy atom. The first-order valence-corrected chi connectivity index (χ1v) is 7.16. The lowest BCUT2D eigenvalue weighted by Crippen LogP contribution is -2.24. The summed E-state index contributed by atoms with van der Waals surface area (Å²) in [6.45, 7) is 9.47. The second-order valence-electron chi connectivity index (χ2n) is 4.91. The Balaban J connectivity index is 1.92. The average Bonchev–Trinajstić information content (AvgIpc) is 3.07. The van der Waals surface area contributed by atoms with Crippen LogP contribution < -0.4 is 5.32 Å². The first-order valence-electron chi connectivity index (χ1n) is 6.28. The topological polar surface area (TPSA) is 37.8 Å². The summed E-state index contributed by atoms with van der Waals surface area (Å²) in [6.07, 6.45) is 2.69. The van der Waals surface area contributed by atoms with Gasteiger partial charge in [-0.3, -0.25) is 0 Å². The molecule has 1 fully saturated rings. The molecule has 0 aromatic carbocycles. The molecule has 1 saturated carbocycles. The van der Waals surface area contributed by atoms with Crippen LogP contribution in [0.4, 0.5) is 0 Å². The monoisotopic (exact) mass is 251 g/mol. The minimum atomic E-state index is 0.525. The largest absolute Gasteiger partial charge is 0.313 e. The Bertz CT molecular complexity index is 379. The molecule has 2 rings (SSSR count). The normalized spacial score (nSPS) is 17.2. The average molecular weight is 251 g/mol. The fourth-order valence-corrected chi connectivity index (χ4v) is 2.55. The molecule has 1 atom stereocenters. The number of thioether (sulfide) groups is 1. The van der Waals surface area contributed by atoms with Gasteiger partial charge < -0.3 is 5.32 Å². The Labute approximate surface area is 108 Å². The van der Waals surface area contributed by atoms with Gasteiger partial charge >= 0.3 is 0 Å². The van der Waals surface area contributed by atoms with Gasteiger partial charge in [-0.2, -0.15) is 0 Å². The van der Waals surface area contributed by atoms with Gasteiger partial charge in [0.05, 0.1) is 0 Å². The van der Waals surface area contributed by atoms with Crippen molar-refractivity contribution in [2.45, 2.75) is 57.0 Å². The fourth-order valence-electron chi connectivity index (χ4n) is 1.64. The molecule has 0 spiro atoms. The van der Waals surface area contributed by atoms with Crippen LogP contribution in [0.2, 0.25) is 0 Å². The van der Waals surface area contributed by atoms with Crippen molar-refractivity contribution < 1.29 is 0 Å². The lowest BCUT2D eigenvalue weighted by atomic mass is 10.2. The maximum atomic E-state index is 4.54. The Morgan fingerprint density at radius 1 is 1.24 bits per heavy atom. The first-order chi connectivity index (χ1) is 8.06. The molecule has 1 aromatic heterocycles. The highest BCUT2D eigenvalue weighted by molar-refractivity contribution is 7.99. The van der Waals surface area contributed by atoms with Gasteiger partial charge in [-0.25, -0.2) is 9.97 Å². The van der Waals surface area contributed by atoms with E-state index in [1.807, 2.05) is 0 Å². The molecular weight excluding hydrogens is 230 g/mol. The highest BCUT2D eigenvalue weighted by Gasteiger charge is 2.21. The zero-order chi connectivity index (χ0) is 12.4. The van der Waals surface area contributed by atoms with Crippen molar-refractivity contribution in [3.8, 4) is 0 Å². The number of rotatable bonds is 5. The van der Waals surface area contributed by atoms with Crippen LogP contribution in [0.5, 0.6) is 0 Å². The van der Waals surface area contributed by atoms with Crippen molar-refractivity contribution in [1.82, 2.24) is 15.3 Å². The van der Waals surface area contributed by atoms with E-state index in [0.29, 0.717) is 5.25 Å². The number of hydrogen-bond acceptors (Lipinski definition) is 4. The minimum absolute atomic E-state index is 0.525. The van der Waals surface area contributed by atoms with Gasteiger partial charge in [-0.15, -0.1) is 0 Å². The van der Waals surface area contributed by atoms with E-state index in [1.54, 1.807) is 11.8 Å². The van der Waals surface area contributed by atoms with E-state index < -0.39 is 0 Å².